The van der Waals surface area contributed by atoms with Gasteiger partial charge in [-0.05, 0) is 43.2 Å². The van der Waals surface area contributed by atoms with Crippen LogP contribution in [0, 0.1) is 6.92 Å². The molecule has 0 fully saturated rings. The van der Waals surface area contributed by atoms with Crippen molar-refractivity contribution in [2.24, 2.45) is 0 Å². The van der Waals surface area contributed by atoms with E-state index in [1.165, 1.54) is 0 Å². The first-order valence-corrected chi connectivity index (χ1v) is 7.15. The van der Waals surface area contributed by atoms with Gasteiger partial charge in [-0.25, -0.2) is 0 Å². The summed E-state index contributed by atoms with van der Waals surface area (Å²) in [5.41, 5.74) is 2.80. The third-order valence-electron chi connectivity index (χ3n) is 3.65. The van der Waals surface area contributed by atoms with Crippen LogP contribution in [-0.4, -0.2) is 20.1 Å². The molecule has 0 saturated heterocycles. The first-order chi connectivity index (χ1) is 10.6. The summed E-state index contributed by atoms with van der Waals surface area (Å²) in [5, 5.41) is 3.01. The highest BCUT2D eigenvalue weighted by Gasteiger charge is 2.15. The highest BCUT2D eigenvalue weighted by molar-refractivity contribution is 5.95. The minimum Gasteiger partial charge on any atom is -0.493 e. The molecule has 2 rings (SSSR count). The second-order valence-electron chi connectivity index (χ2n) is 5.12. The molecule has 4 heteroatoms. The van der Waals surface area contributed by atoms with Crippen molar-refractivity contribution in [1.29, 1.82) is 0 Å². The molecule has 0 aliphatic rings. The molecule has 22 heavy (non-hydrogen) atoms. The Morgan fingerprint density at radius 1 is 1.05 bits per heavy atom. The number of carbonyl (C=O) groups excluding carboxylic acids is 1. The number of amides is 1. The molecule has 116 valence electrons. The van der Waals surface area contributed by atoms with Gasteiger partial charge in [0, 0.05) is 5.56 Å². The Morgan fingerprint density at radius 2 is 1.73 bits per heavy atom. The topological polar surface area (TPSA) is 47.6 Å². The van der Waals surface area contributed by atoms with Crippen LogP contribution in [0.5, 0.6) is 11.5 Å². The van der Waals surface area contributed by atoms with E-state index in [-0.39, 0.29) is 11.9 Å². The molecule has 1 amide bonds. The largest absolute Gasteiger partial charge is 0.493 e. The number of methoxy groups -OCH3 is 2. The molecule has 0 aliphatic carbocycles. The van der Waals surface area contributed by atoms with Crippen LogP contribution >= 0.6 is 0 Å². The summed E-state index contributed by atoms with van der Waals surface area (Å²) in [7, 11) is 3.12. The van der Waals surface area contributed by atoms with Crippen LogP contribution < -0.4 is 14.8 Å². The van der Waals surface area contributed by atoms with E-state index in [0.29, 0.717) is 17.1 Å². The van der Waals surface area contributed by atoms with E-state index in [2.05, 4.69) is 5.32 Å². The number of nitrogens with one attached hydrogen (secondary N) is 1. The lowest BCUT2D eigenvalue weighted by Gasteiger charge is -2.17. The lowest BCUT2D eigenvalue weighted by atomic mass is 10.0. The Balaban J connectivity index is 2.17. The predicted octanol–water partition coefficient (Wildman–Crippen LogP) is 3.50. The minimum absolute atomic E-state index is 0.0678. The zero-order chi connectivity index (χ0) is 16.1. The van der Waals surface area contributed by atoms with Crippen molar-refractivity contribution in [2.75, 3.05) is 14.2 Å². The maximum absolute atomic E-state index is 12.4. The summed E-state index contributed by atoms with van der Waals surface area (Å²) < 4.78 is 10.4. The zero-order valence-electron chi connectivity index (χ0n) is 13.3. The Morgan fingerprint density at radius 3 is 2.36 bits per heavy atom. The predicted molar refractivity (Wildman–Crippen MR) is 86.6 cm³/mol. The van der Waals surface area contributed by atoms with Gasteiger partial charge in [0.15, 0.2) is 11.5 Å². The fourth-order valence-corrected chi connectivity index (χ4v) is 2.41. The number of carbonyl (C=O) groups is 1. The average Bonchev–Trinajstić information content (AvgIpc) is 2.54. The molecule has 0 radical (unpaired) electrons. The molecule has 0 spiro atoms. The van der Waals surface area contributed by atoms with Crippen LogP contribution in [0.3, 0.4) is 0 Å². The van der Waals surface area contributed by atoms with Gasteiger partial charge >= 0.3 is 0 Å². The first kappa shape index (κ1) is 15.9. The maximum Gasteiger partial charge on any atom is 0.251 e. The third kappa shape index (κ3) is 3.39. The molecular formula is C18H21NO3. The van der Waals surface area contributed by atoms with E-state index in [9.17, 15) is 4.79 Å². The van der Waals surface area contributed by atoms with E-state index in [1.54, 1.807) is 32.4 Å². The highest BCUT2D eigenvalue weighted by atomic mass is 16.5. The molecule has 2 aromatic carbocycles. The molecule has 1 atom stereocenters. The molecule has 2 aromatic rings. The van der Waals surface area contributed by atoms with Gasteiger partial charge in [0.1, 0.15) is 0 Å². The number of hydrogen-bond donors (Lipinski definition) is 1. The van der Waals surface area contributed by atoms with Crippen molar-refractivity contribution in [3.05, 3.63) is 59.2 Å². The van der Waals surface area contributed by atoms with E-state index >= 15 is 0 Å². The third-order valence-corrected chi connectivity index (χ3v) is 3.65. The molecule has 1 N–H and O–H groups in total. The zero-order valence-corrected chi connectivity index (χ0v) is 13.3. The summed E-state index contributed by atoms with van der Waals surface area (Å²) in [4.78, 5) is 12.4. The van der Waals surface area contributed by atoms with E-state index < -0.39 is 0 Å². The van der Waals surface area contributed by atoms with E-state index in [1.807, 2.05) is 38.1 Å². The Kier molecular flexibility index (Phi) is 5.04. The standard InChI is InChI=1S/C18H21NO3/c1-12-7-5-6-8-15(12)13(2)19-18(20)14-9-10-16(21-3)17(11-14)22-4/h5-11,13H,1-4H3,(H,19,20). The molecule has 0 saturated carbocycles. The number of hydrogen-bond acceptors (Lipinski definition) is 3. The number of benzene rings is 2. The summed E-state index contributed by atoms with van der Waals surface area (Å²) in [6, 6.07) is 13.1. The van der Waals surface area contributed by atoms with Gasteiger partial charge in [-0.2, -0.15) is 0 Å². The fraction of sp³-hybridized carbons (Fsp3) is 0.278. The van der Waals surface area contributed by atoms with Crippen LogP contribution in [0.1, 0.15) is 34.5 Å². The smallest absolute Gasteiger partial charge is 0.251 e. The Bertz CT molecular complexity index is 667. The van der Waals surface area contributed by atoms with Crippen molar-refractivity contribution < 1.29 is 14.3 Å². The molecule has 0 aromatic heterocycles. The highest BCUT2D eigenvalue weighted by Crippen LogP contribution is 2.27. The van der Waals surface area contributed by atoms with Crippen LogP contribution in [0.4, 0.5) is 0 Å². The van der Waals surface area contributed by atoms with Crippen molar-refractivity contribution >= 4 is 5.91 Å². The quantitative estimate of drug-likeness (QED) is 0.919. The molecule has 0 aliphatic heterocycles. The molecule has 1 unspecified atom stereocenters. The monoisotopic (exact) mass is 299 g/mol. The van der Waals surface area contributed by atoms with Gasteiger partial charge in [-0.15, -0.1) is 0 Å². The van der Waals surface area contributed by atoms with Crippen molar-refractivity contribution in [1.82, 2.24) is 5.32 Å². The van der Waals surface area contributed by atoms with Gasteiger partial charge in [-0.1, -0.05) is 24.3 Å². The van der Waals surface area contributed by atoms with Gasteiger partial charge in [0.05, 0.1) is 20.3 Å². The van der Waals surface area contributed by atoms with Crippen LogP contribution in [0.2, 0.25) is 0 Å². The summed E-state index contributed by atoms with van der Waals surface area (Å²) in [6.07, 6.45) is 0. The molecule has 4 nitrogen and oxygen atoms in total. The van der Waals surface area contributed by atoms with E-state index in [0.717, 1.165) is 11.1 Å². The maximum atomic E-state index is 12.4. The summed E-state index contributed by atoms with van der Waals surface area (Å²) in [6.45, 7) is 4.01. The fourth-order valence-electron chi connectivity index (χ4n) is 2.41. The van der Waals surface area contributed by atoms with Crippen molar-refractivity contribution in [3.8, 4) is 11.5 Å². The lowest BCUT2D eigenvalue weighted by Crippen LogP contribution is -2.27. The van der Waals surface area contributed by atoms with Crippen molar-refractivity contribution in [3.63, 3.8) is 0 Å². The van der Waals surface area contributed by atoms with Crippen LogP contribution in [-0.2, 0) is 0 Å². The van der Waals surface area contributed by atoms with Crippen LogP contribution in [0.15, 0.2) is 42.5 Å². The molecule has 0 bridgehead atoms. The number of aryl methyl sites for hydroxylation is 1. The van der Waals surface area contributed by atoms with Gasteiger partial charge in [0.2, 0.25) is 0 Å². The SMILES string of the molecule is COc1ccc(C(=O)NC(C)c2ccccc2C)cc1OC. The minimum atomic E-state index is -0.142. The second-order valence-corrected chi connectivity index (χ2v) is 5.12. The van der Waals surface area contributed by atoms with Crippen molar-refractivity contribution in [2.45, 2.75) is 19.9 Å². The van der Waals surface area contributed by atoms with Gasteiger partial charge < -0.3 is 14.8 Å². The van der Waals surface area contributed by atoms with Gasteiger partial charge in [0.25, 0.3) is 5.91 Å². The van der Waals surface area contributed by atoms with Gasteiger partial charge in [-0.3, -0.25) is 4.79 Å². The normalized spacial score (nSPS) is 11.6. The van der Waals surface area contributed by atoms with Crippen LogP contribution in [0.25, 0.3) is 0 Å². The second kappa shape index (κ2) is 6.98. The number of rotatable bonds is 5. The average molecular weight is 299 g/mol. The van der Waals surface area contributed by atoms with E-state index in [4.69, 9.17) is 9.47 Å². The molecular weight excluding hydrogens is 278 g/mol. The summed E-state index contributed by atoms with van der Waals surface area (Å²) in [5.74, 6) is 1.00. The summed E-state index contributed by atoms with van der Waals surface area (Å²) >= 11 is 0. The first-order valence-electron chi connectivity index (χ1n) is 7.15. The Hall–Kier alpha value is -2.49. The molecule has 0 heterocycles. The number of ether oxygens (including phenoxy) is 2. The Labute approximate surface area is 131 Å². The lowest BCUT2D eigenvalue weighted by molar-refractivity contribution is 0.0939.